The Labute approximate surface area is 219 Å². The van der Waals surface area contributed by atoms with Gasteiger partial charge in [-0.05, 0) is 61.4 Å². The molecule has 0 bridgehead atoms. The predicted octanol–water partition coefficient (Wildman–Crippen LogP) is 5.66. The second-order valence-electron chi connectivity index (χ2n) is 8.49. The summed E-state index contributed by atoms with van der Waals surface area (Å²) in [7, 11) is -3.40. The Morgan fingerprint density at radius 3 is 2.53 bits per heavy atom. The van der Waals surface area contributed by atoms with E-state index in [2.05, 4.69) is 4.98 Å². The number of halogens is 2. The third-order valence-electron chi connectivity index (χ3n) is 6.14. The number of carbonyl (C=O) groups is 1. The quantitative estimate of drug-likeness (QED) is 0.204. The lowest BCUT2D eigenvalue weighted by molar-refractivity contribution is 0.0987. The summed E-state index contributed by atoms with van der Waals surface area (Å²) in [5, 5.41) is 2.56. The van der Waals surface area contributed by atoms with Gasteiger partial charge >= 0.3 is 0 Å². The summed E-state index contributed by atoms with van der Waals surface area (Å²) >= 11 is 12.9. The van der Waals surface area contributed by atoms with Gasteiger partial charge in [-0.15, -0.1) is 0 Å². The molecule has 0 unspecified atom stereocenters. The summed E-state index contributed by atoms with van der Waals surface area (Å²) in [6, 6.07) is 21.1. The summed E-state index contributed by atoms with van der Waals surface area (Å²) in [5.74, 6) is 5.75. The minimum absolute atomic E-state index is 0.0901. The van der Waals surface area contributed by atoms with Crippen molar-refractivity contribution in [2.24, 2.45) is 5.84 Å². The van der Waals surface area contributed by atoms with Gasteiger partial charge in [-0.1, -0.05) is 47.5 Å². The first-order valence-electron chi connectivity index (χ1n) is 11.3. The summed E-state index contributed by atoms with van der Waals surface area (Å²) in [4.78, 5) is 17.9. The van der Waals surface area contributed by atoms with Crippen molar-refractivity contribution in [3.63, 3.8) is 0 Å². The van der Waals surface area contributed by atoms with Gasteiger partial charge in [0.05, 0.1) is 43.9 Å². The zero-order valence-corrected chi connectivity index (χ0v) is 21.4. The molecule has 36 heavy (non-hydrogen) atoms. The van der Waals surface area contributed by atoms with Crippen molar-refractivity contribution in [1.29, 1.82) is 0 Å². The van der Waals surface area contributed by atoms with E-state index in [1.807, 2.05) is 36.4 Å². The minimum Gasteiger partial charge on any atom is -0.270 e. The fourth-order valence-electron chi connectivity index (χ4n) is 4.23. The summed E-state index contributed by atoms with van der Waals surface area (Å²) < 4.78 is 26.2. The molecule has 2 N–H and O–H groups in total. The van der Waals surface area contributed by atoms with E-state index in [1.165, 1.54) is 16.4 Å². The molecule has 1 aromatic heterocycles. The molecule has 4 aromatic rings. The first kappa shape index (κ1) is 24.5. The zero-order valence-electron chi connectivity index (χ0n) is 19.1. The van der Waals surface area contributed by atoms with E-state index in [0.717, 1.165) is 22.3 Å². The molecule has 0 saturated carbocycles. The van der Waals surface area contributed by atoms with Crippen molar-refractivity contribution in [3.05, 3.63) is 88.4 Å². The largest absolute Gasteiger partial charge is 0.273 e. The Bertz CT molecular complexity index is 1590. The van der Waals surface area contributed by atoms with E-state index in [1.54, 1.807) is 24.3 Å². The van der Waals surface area contributed by atoms with Crippen LogP contribution in [0.4, 0.5) is 11.4 Å². The number of pyridine rings is 1. The van der Waals surface area contributed by atoms with Gasteiger partial charge in [-0.2, -0.15) is 0 Å². The molecule has 3 aromatic carbocycles. The number of hydrazine groups is 1. The average Bonchev–Trinajstić information content (AvgIpc) is 2.87. The van der Waals surface area contributed by atoms with Gasteiger partial charge in [0.2, 0.25) is 10.0 Å². The maximum atomic E-state index is 13.2. The average molecular weight is 541 g/mol. The number of fused-ring (bicyclic) bond motifs is 1. The molecule has 1 fully saturated rings. The third-order valence-corrected chi connectivity index (χ3v) is 8.65. The van der Waals surface area contributed by atoms with Gasteiger partial charge in [-0.3, -0.25) is 9.10 Å². The molecular formula is C26H22Cl2N4O3S. The monoisotopic (exact) mass is 540 g/mol. The fourth-order valence-corrected chi connectivity index (χ4v) is 6.34. The van der Waals surface area contributed by atoms with E-state index >= 15 is 0 Å². The minimum atomic E-state index is -3.40. The molecule has 7 nitrogen and oxygen atoms in total. The highest BCUT2D eigenvalue weighted by atomic mass is 35.5. The normalized spacial score (nSPS) is 15.1. The molecule has 1 aliphatic heterocycles. The van der Waals surface area contributed by atoms with Crippen LogP contribution < -0.4 is 15.2 Å². The van der Waals surface area contributed by atoms with E-state index in [9.17, 15) is 13.2 Å². The van der Waals surface area contributed by atoms with Gasteiger partial charge in [0.25, 0.3) is 5.91 Å². The number of hydrogen-bond acceptors (Lipinski definition) is 5. The number of nitrogens with two attached hydrogens (primary N) is 1. The predicted molar refractivity (Wildman–Crippen MR) is 145 cm³/mol. The van der Waals surface area contributed by atoms with Crippen molar-refractivity contribution in [2.75, 3.05) is 21.6 Å². The summed E-state index contributed by atoms with van der Waals surface area (Å²) in [5.41, 5.74) is 3.06. The molecule has 10 heteroatoms. The Balaban J connectivity index is 1.44. The number of nitrogens with zero attached hydrogens (tertiary/aromatic N) is 3. The van der Waals surface area contributed by atoms with E-state index in [-0.39, 0.29) is 16.3 Å². The molecule has 5 rings (SSSR count). The molecule has 1 saturated heterocycles. The Morgan fingerprint density at radius 1 is 0.944 bits per heavy atom. The van der Waals surface area contributed by atoms with E-state index < -0.39 is 15.9 Å². The van der Waals surface area contributed by atoms with Crippen molar-refractivity contribution in [2.45, 2.75) is 12.8 Å². The lowest BCUT2D eigenvalue weighted by Crippen LogP contribution is -2.38. The molecular weight excluding hydrogens is 519 g/mol. The molecule has 0 aliphatic carbocycles. The number of amides is 1. The topological polar surface area (TPSA) is 96.6 Å². The van der Waals surface area contributed by atoms with Crippen LogP contribution in [0.5, 0.6) is 0 Å². The second kappa shape index (κ2) is 9.71. The van der Waals surface area contributed by atoms with Crippen LogP contribution >= 0.6 is 23.2 Å². The van der Waals surface area contributed by atoms with Crippen LogP contribution in [0.1, 0.15) is 23.2 Å². The highest BCUT2D eigenvalue weighted by Crippen LogP contribution is 2.33. The molecule has 2 heterocycles. The lowest BCUT2D eigenvalue weighted by atomic mass is 10.1. The fraction of sp³-hybridized carbons (Fsp3) is 0.154. The summed E-state index contributed by atoms with van der Waals surface area (Å²) in [6.45, 7) is 0.380. The number of carbonyl (C=O) groups excluding carboxylic acids is 1. The van der Waals surface area contributed by atoms with E-state index in [4.69, 9.17) is 29.0 Å². The Kier molecular flexibility index (Phi) is 6.61. The summed E-state index contributed by atoms with van der Waals surface area (Å²) in [6.07, 6.45) is 1.39. The zero-order chi connectivity index (χ0) is 25.4. The van der Waals surface area contributed by atoms with Crippen LogP contribution in [-0.4, -0.2) is 31.6 Å². The first-order chi connectivity index (χ1) is 17.2. The molecule has 0 spiro atoms. The highest BCUT2D eigenvalue weighted by molar-refractivity contribution is 7.92. The number of rotatable bonds is 4. The number of aromatic nitrogens is 1. The van der Waals surface area contributed by atoms with E-state index in [0.29, 0.717) is 40.6 Å². The molecule has 1 amide bonds. The number of para-hydroxylation sites is 1. The Morgan fingerprint density at radius 2 is 1.75 bits per heavy atom. The smallest absolute Gasteiger partial charge is 0.270 e. The molecule has 0 atom stereocenters. The van der Waals surface area contributed by atoms with Crippen LogP contribution in [0.25, 0.3) is 22.2 Å². The number of sulfonamides is 1. The van der Waals surface area contributed by atoms with Crippen LogP contribution in [0, 0.1) is 0 Å². The maximum Gasteiger partial charge on any atom is 0.273 e. The molecule has 1 aliphatic rings. The van der Waals surface area contributed by atoms with Crippen molar-refractivity contribution < 1.29 is 13.2 Å². The van der Waals surface area contributed by atoms with Gasteiger partial charge in [-0.25, -0.2) is 24.3 Å². The van der Waals surface area contributed by atoms with Crippen molar-refractivity contribution >= 4 is 61.4 Å². The maximum absolute atomic E-state index is 13.2. The van der Waals surface area contributed by atoms with Crippen LogP contribution in [0.15, 0.2) is 72.8 Å². The SMILES string of the molecule is NN(C(=O)c1ccc(N2CCCCS2(=O)=O)cc1Cl)c1ccc(Cl)c(-c2ccc3ccccc3n2)c1. The van der Waals surface area contributed by atoms with Crippen LogP contribution in [0.2, 0.25) is 10.0 Å². The third kappa shape index (κ3) is 4.65. The molecule has 0 radical (unpaired) electrons. The first-order valence-corrected chi connectivity index (χ1v) is 13.7. The van der Waals surface area contributed by atoms with Gasteiger partial charge in [0, 0.05) is 17.5 Å². The number of benzene rings is 3. The van der Waals surface area contributed by atoms with Crippen LogP contribution in [-0.2, 0) is 10.0 Å². The van der Waals surface area contributed by atoms with Crippen molar-refractivity contribution in [1.82, 2.24) is 4.98 Å². The van der Waals surface area contributed by atoms with Gasteiger partial charge < -0.3 is 0 Å². The number of anilines is 2. The highest BCUT2D eigenvalue weighted by Gasteiger charge is 2.27. The molecule has 184 valence electrons. The lowest BCUT2D eigenvalue weighted by Gasteiger charge is -2.28. The standard InChI is InChI=1S/C26H22Cl2N4O3S/c27-22-11-9-19(15-21(22)25-12-7-17-5-1-2-6-24(17)30-25)32(29)26(33)20-10-8-18(16-23(20)28)31-13-3-4-14-36(31,34)35/h1-2,5-12,15-16H,3-4,13-14,29H2. The van der Waals surface area contributed by atoms with Crippen molar-refractivity contribution in [3.8, 4) is 11.3 Å². The second-order valence-corrected chi connectivity index (χ2v) is 11.3. The van der Waals surface area contributed by atoms with Crippen LogP contribution in [0.3, 0.4) is 0 Å². The van der Waals surface area contributed by atoms with Gasteiger partial charge in [0.1, 0.15) is 0 Å². The number of hydrogen-bond donors (Lipinski definition) is 1. The Hall–Kier alpha value is -3.17. The van der Waals surface area contributed by atoms with Gasteiger partial charge in [0.15, 0.2) is 0 Å².